The summed E-state index contributed by atoms with van der Waals surface area (Å²) in [4.78, 5) is 5.04. The maximum atomic E-state index is 12.3. The molecule has 0 bridgehead atoms. The lowest BCUT2D eigenvalue weighted by molar-refractivity contribution is 0.594. The number of benzene rings is 1. The molecule has 3 nitrogen and oxygen atoms in total. The quantitative estimate of drug-likeness (QED) is 0.681. The average molecular weight is 260 g/mol. The number of nitrogen functional groups attached to an aromatic ring is 1. The third kappa shape index (κ3) is 2.83. The summed E-state index contributed by atoms with van der Waals surface area (Å²) in [6.45, 7) is 3.96. The second-order valence-corrected chi connectivity index (χ2v) is 5.70. The molecule has 2 N–H and O–H groups in total. The van der Waals surface area contributed by atoms with Gasteiger partial charge < -0.3 is 10.3 Å². The van der Waals surface area contributed by atoms with E-state index in [9.17, 15) is 4.55 Å². The van der Waals surface area contributed by atoms with E-state index in [1.807, 2.05) is 32.0 Å². The van der Waals surface area contributed by atoms with Crippen molar-refractivity contribution < 1.29 is 4.55 Å². The summed E-state index contributed by atoms with van der Waals surface area (Å²) >= 11 is -1.06. The highest BCUT2D eigenvalue weighted by molar-refractivity contribution is 7.90. The zero-order valence-electron chi connectivity index (χ0n) is 10.5. The third-order valence-corrected chi connectivity index (χ3v) is 4.27. The molecule has 0 radical (unpaired) electrons. The molecule has 0 aliphatic rings. The molecule has 0 fully saturated rings. The van der Waals surface area contributed by atoms with Gasteiger partial charge in [0.2, 0.25) is 0 Å². The second-order valence-electron chi connectivity index (χ2n) is 4.25. The largest absolute Gasteiger partial charge is 0.611 e. The molecule has 2 aromatic rings. The van der Waals surface area contributed by atoms with E-state index in [1.165, 1.54) is 0 Å². The number of anilines is 1. The SMILES string of the molecule is Cc1ccnc(C)c1C[S+]([O-])c1ccc(N)cc1. The van der Waals surface area contributed by atoms with Crippen molar-refractivity contribution in [3.63, 3.8) is 0 Å². The fraction of sp³-hybridized carbons (Fsp3) is 0.214. The molecule has 1 heterocycles. The van der Waals surface area contributed by atoms with Crippen LogP contribution in [-0.2, 0) is 16.9 Å². The van der Waals surface area contributed by atoms with Crippen LogP contribution in [0.3, 0.4) is 0 Å². The number of hydrogen-bond acceptors (Lipinski definition) is 3. The van der Waals surface area contributed by atoms with Crippen molar-refractivity contribution in [3.05, 3.63) is 53.3 Å². The number of aromatic nitrogens is 1. The van der Waals surface area contributed by atoms with E-state index in [0.717, 1.165) is 21.7 Å². The van der Waals surface area contributed by atoms with Crippen molar-refractivity contribution in [1.82, 2.24) is 4.98 Å². The number of aryl methyl sites for hydroxylation is 2. The van der Waals surface area contributed by atoms with Crippen molar-refractivity contribution in [3.8, 4) is 0 Å². The lowest BCUT2D eigenvalue weighted by Crippen LogP contribution is -2.08. The Kier molecular flexibility index (Phi) is 3.89. The van der Waals surface area contributed by atoms with Gasteiger partial charge in [-0.15, -0.1) is 0 Å². The topological polar surface area (TPSA) is 62.0 Å². The Balaban J connectivity index is 2.21. The number of rotatable bonds is 3. The molecule has 4 heteroatoms. The molecule has 1 aromatic carbocycles. The van der Waals surface area contributed by atoms with Crippen molar-refractivity contribution in [2.24, 2.45) is 0 Å². The molecule has 0 aliphatic heterocycles. The molecular weight excluding hydrogens is 244 g/mol. The van der Waals surface area contributed by atoms with Crippen LogP contribution in [0.15, 0.2) is 41.4 Å². The minimum Gasteiger partial charge on any atom is -0.611 e. The lowest BCUT2D eigenvalue weighted by Gasteiger charge is -2.13. The molecule has 2 rings (SSSR count). The minimum atomic E-state index is -1.06. The summed E-state index contributed by atoms with van der Waals surface area (Å²) < 4.78 is 12.3. The summed E-state index contributed by atoms with van der Waals surface area (Å²) in [6.07, 6.45) is 1.78. The van der Waals surface area contributed by atoms with Crippen molar-refractivity contribution in [2.45, 2.75) is 24.5 Å². The van der Waals surface area contributed by atoms with Gasteiger partial charge in [-0.3, -0.25) is 4.98 Å². The minimum absolute atomic E-state index is 0.495. The molecule has 0 amide bonds. The molecular formula is C14H16N2OS. The zero-order valence-corrected chi connectivity index (χ0v) is 11.3. The van der Waals surface area contributed by atoms with Gasteiger partial charge in [-0.25, -0.2) is 0 Å². The van der Waals surface area contributed by atoms with Crippen LogP contribution in [-0.4, -0.2) is 9.54 Å². The van der Waals surface area contributed by atoms with Gasteiger partial charge in [-0.1, -0.05) is 0 Å². The smallest absolute Gasteiger partial charge is 0.153 e. The summed E-state index contributed by atoms with van der Waals surface area (Å²) in [5.41, 5.74) is 9.44. The van der Waals surface area contributed by atoms with Crippen LogP contribution >= 0.6 is 0 Å². The summed E-state index contributed by atoms with van der Waals surface area (Å²) in [6, 6.07) is 9.12. The Morgan fingerprint density at radius 3 is 2.44 bits per heavy atom. The van der Waals surface area contributed by atoms with Crippen LogP contribution in [0.5, 0.6) is 0 Å². The van der Waals surface area contributed by atoms with E-state index < -0.39 is 11.2 Å². The van der Waals surface area contributed by atoms with Crippen molar-refractivity contribution in [1.29, 1.82) is 0 Å². The Bertz CT molecular complexity index is 520. The van der Waals surface area contributed by atoms with Crippen molar-refractivity contribution in [2.75, 3.05) is 5.73 Å². The van der Waals surface area contributed by atoms with Gasteiger partial charge in [-0.05, 0) is 60.9 Å². The third-order valence-electron chi connectivity index (χ3n) is 2.92. The fourth-order valence-electron chi connectivity index (χ4n) is 1.78. The molecule has 0 saturated carbocycles. The molecule has 0 spiro atoms. The van der Waals surface area contributed by atoms with E-state index in [-0.39, 0.29) is 0 Å². The maximum Gasteiger partial charge on any atom is 0.153 e. The van der Waals surface area contributed by atoms with Gasteiger partial charge >= 0.3 is 0 Å². The van der Waals surface area contributed by atoms with Gasteiger partial charge in [-0.2, -0.15) is 0 Å². The molecule has 1 aromatic heterocycles. The van der Waals surface area contributed by atoms with E-state index in [2.05, 4.69) is 4.98 Å². The fourth-order valence-corrected chi connectivity index (χ4v) is 3.08. The van der Waals surface area contributed by atoms with Gasteiger partial charge in [0.15, 0.2) is 4.90 Å². The normalized spacial score (nSPS) is 12.4. The molecule has 1 atom stereocenters. The predicted octanol–water partition coefficient (Wildman–Crippen LogP) is 2.59. The maximum absolute atomic E-state index is 12.3. The molecule has 1 unspecified atom stereocenters. The Morgan fingerprint density at radius 1 is 1.17 bits per heavy atom. The predicted molar refractivity (Wildman–Crippen MR) is 74.7 cm³/mol. The average Bonchev–Trinajstić information content (AvgIpc) is 2.34. The number of nitrogens with zero attached hydrogens (tertiary/aromatic N) is 1. The summed E-state index contributed by atoms with van der Waals surface area (Å²) in [5, 5.41) is 0. The molecule has 18 heavy (non-hydrogen) atoms. The van der Waals surface area contributed by atoms with Crippen LogP contribution < -0.4 is 5.73 Å². The number of hydrogen-bond donors (Lipinski definition) is 1. The van der Waals surface area contributed by atoms with E-state index in [1.54, 1.807) is 18.3 Å². The van der Waals surface area contributed by atoms with Gasteiger partial charge in [0.05, 0.1) is 0 Å². The highest BCUT2D eigenvalue weighted by atomic mass is 32.2. The standard InChI is InChI=1S/C14H16N2OS/c1-10-7-8-16-11(2)14(10)9-18(17)13-5-3-12(15)4-6-13/h3-8H,9,15H2,1-2H3. The van der Waals surface area contributed by atoms with E-state index >= 15 is 0 Å². The first-order valence-electron chi connectivity index (χ1n) is 5.73. The highest BCUT2D eigenvalue weighted by Gasteiger charge is 2.15. The first kappa shape index (κ1) is 12.9. The Morgan fingerprint density at radius 2 is 1.83 bits per heavy atom. The molecule has 0 aliphatic carbocycles. The lowest BCUT2D eigenvalue weighted by atomic mass is 10.1. The van der Waals surface area contributed by atoms with Gasteiger partial charge in [0, 0.05) is 23.1 Å². The Labute approximate surface area is 110 Å². The van der Waals surface area contributed by atoms with Crippen LogP contribution in [0, 0.1) is 13.8 Å². The van der Waals surface area contributed by atoms with Gasteiger partial charge in [0.1, 0.15) is 5.75 Å². The van der Waals surface area contributed by atoms with Crippen LogP contribution in [0.2, 0.25) is 0 Å². The number of pyridine rings is 1. The van der Waals surface area contributed by atoms with Crippen LogP contribution in [0.4, 0.5) is 5.69 Å². The monoisotopic (exact) mass is 260 g/mol. The second kappa shape index (κ2) is 5.42. The van der Waals surface area contributed by atoms with E-state index in [0.29, 0.717) is 11.4 Å². The van der Waals surface area contributed by atoms with Crippen LogP contribution in [0.1, 0.15) is 16.8 Å². The van der Waals surface area contributed by atoms with Crippen molar-refractivity contribution >= 4 is 16.9 Å². The number of nitrogens with two attached hydrogens (primary N) is 1. The first-order valence-corrected chi connectivity index (χ1v) is 7.05. The Hall–Kier alpha value is -1.52. The van der Waals surface area contributed by atoms with E-state index in [4.69, 9.17) is 5.73 Å². The summed E-state index contributed by atoms with van der Waals surface area (Å²) in [7, 11) is 0. The summed E-state index contributed by atoms with van der Waals surface area (Å²) in [5.74, 6) is 0.495. The van der Waals surface area contributed by atoms with Gasteiger partial charge in [0.25, 0.3) is 0 Å². The zero-order chi connectivity index (χ0) is 13.1. The van der Waals surface area contributed by atoms with Crippen LogP contribution in [0.25, 0.3) is 0 Å². The molecule has 0 saturated heterocycles. The first-order chi connectivity index (χ1) is 8.58. The molecule has 94 valence electrons. The highest BCUT2D eigenvalue weighted by Crippen LogP contribution is 2.21.